The second-order valence-corrected chi connectivity index (χ2v) is 16.4. The molecule has 4 saturated heterocycles. The molecule has 0 aromatic rings. The van der Waals surface area contributed by atoms with Gasteiger partial charge in [-0.3, -0.25) is 28.9 Å². The van der Waals surface area contributed by atoms with Gasteiger partial charge in [-0.15, -0.1) is 35.3 Å². The van der Waals surface area contributed by atoms with E-state index in [1.807, 2.05) is 36.8 Å². The standard InChI is InChI=1S/C10H16N2O2S.C10H14N2O2S.C10H15NO2S/c1-5-10(3,4)15-9-7(11-6(2)13)8(14)12(5)9;1-5-4-15-10-8(11-7(3)13)9(14)12(10)6(5)2;1-5-8(14-3)4-7-9(6(2)12)10(13)11(5)7/h5,7,9H,1-4H3,(H,11,13);8,10H,4H2,1-3H3,(H,11,13);6-7,9,12H,4H2,1-3H3. The number of hydrogen-bond donors (Lipinski definition) is 3. The molecule has 0 aromatic heterocycles. The lowest BCUT2D eigenvalue weighted by Crippen LogP contribution is -2.69. The largest absolute Gasteiger partial charge is 0.393 e. The number of aliphatic hydroxyl groups is 1. The van der Waals surface area contributed by atoms with Crippen molar-refractivity contribution in [2.45, 2.75) is 115 Å². The Hall–Kier alpha value is -2.16. The number of fused-ring (bicyclic) bond motifs is 3. The summed E-state index contributed by atoms with van der Waals surface area (Å²) in [5.41, 5.74) is 3.38. The summed E-state index contributed by atoms with van der Waals surface area (Å²) >= 11 is 5.19. The van der Waals surface area contributed by atoms with Crippen LogP contribution in [0, 0.1) is 5.92 Å². The van der Waals surface area contributed by atoms with Gasteiger partial charge in [-0.25, -0.2) is 0 Å². The lowest BCUT2D eigenvalue weighted by molar-refractivity contribution is -0.157. The molecule has 3 N–H and O–H groups in total. The van der Waals surface area contributed by atoms with Crippen molar-refractivity contribution in [1.29, 1.82) is 0 Å². The van der Waals surface area contributed by atoms with Crippen molar-refractivity contribution in [3.8, 4) is 0 Å². The summed E-state index contributed by atoms with van der Waals surface area (Å²) in [6.07, 6.45) is 2.44. The number of allylic oxidation sites excluding steroid dienone is 2. The summed E-state index contributed by atoms with van der Waals surface area (Å²) in [7, 11) is 0. The van der Waals surface area contributed by atoms with Gasteiger partial charge in [-0.05, 0) is 60.3 Å². The highest BCUT2D eigenvalue weighted by atomic mass is 32.2. The number of hydrogen-bond acceptors (Lipinski definition) is 9. The predicted octanol–water partition coefficient (Wildman–Crippen LogP) is 2.47. The maximum atomic E-state index is 11.8. The van der Waals surface area contributed by atoms with E-state index in [9.17, 15) is 29.1 Å². The number of rotatable bonds is 4. The lowest BCUT2D eigenvalue weighted by Gasteiger charge is -2.49. The van der Waals surface area contributed by atoms with Crippen LogP contribution >= 0.6 is 35.3 Å². The van der Waals surface area contributed by atoms with Crippen molar-refractivity contribution in [2.75, 3.05) is 12.0 Å². The smallest absolute Gasteiger partial charge is 0.253 e. The Morgan fingerprint density at radius 1 is 0.955 bits per heavy atom. The first kappa shape index (κ1) is 34.7. The summed E-state index contributed by atoms with van der Waals surface area (Å²) in [6, 6.07) is -0.165. The third-order valence-electron chi connectivity index (χ3n) is 9.33. The fourth-order valence-corrected chi connectivity index (χ4v) is 10.2. The molecule has 11 nitrogen and oxygen atoms in total. The summed E-state index contributed by atoms with van der Waals surface area (Å²) in [4.78, 5) is 63.8. The molecule has 244 valence electrons. The first-order valence-electron chi connectivity index (χ1n) is 14.8. The number of carbonyl (C=O) groups excluding carboxylic acids is 5. The maximum Gasteiger partial charge on any atom is 0.253 e. The Morgan fingerprint density at radius 2 is 1.52 bits per heavy atom. The van der Waals surface area contributed by atoms with Gasteiger partial charge in [0.05, 0.1) is 18.1 Å². The molecule has 0 saturated carbocycles. The molecule has 44 heavy (non-hydrogen) atoms. The van der Waals surface area contributed by atoms with Gasteiger partial charge in [-0.2, -0.15) is 0 Å². The van der Waals surface area contributed by atoms with Crippen LogP contribution in [0.4, 0.5) is 0 Å². The second kappa shape index (κ2) is 12.9. The monoisotopic (exact) mass is 667 g/mol. The molecule has 8 atom stereocenters. The Kier molecular flexibility index (Phi) is 10.2. The highest BCUT2D eigenvalue weighted by molar-refractivity contribution is 8.02. The Bertz CT molecular complexity index is 1320. The molecule has 6 heterocycles. The molecular weight excluding hydrogens is 623 g/mol. The molecular formula is C30H45N5O6S3. The van der Waals surface area contributed by atoms with E-state index in [4.69, 9.17) is 0 Å². The Morgan fingerprint density at radius 3 is 2.05 bits per heavy atom. The van der Waals surface area contributed by atoms with Crippen molar-refractivity contribution in [1.82, 2.24) is 25.3 Å². The number of nitrogens with zero attached hydrogens (tertiary/aromatic N) is 3. The summed E-state index contributed by atoms with van der Waals surface area (Å²) in [6.45, 7) is 16.9. The average Bonchev–Trinajstić information content (AvgIpc) is 3.33. The van der Waals surface area contributed by atoms with Crippen LogP contribution < -0.4 is 10.6 Å². The van der Waals surface area contributed by atoms with Crippen LogP contribution in [-0.2, 0) is 24.0 Å². The highest BCUT2D eigenvalue weighted by Gasteiger charge is 2.60. The van der Waals surface area contributed by atoms with Gasteiger partial charge in [-0.1, -0.05) is 0 Å². The zero-order chi connectivity index (χ0) is 33.0. The minimum Gasteiger partial charge on any atom is -0.393 e. The Labute approximate surface area is 272 Å². The number of amides is 5. The van der Waals surface area contributed by atoms with Crippen LogP contribution in [0.1, 0.15) is 68.7 Å². The van der Waals surface area contributed by atoms with E-state index in [1.54, 1.807) is 47.1 Å². The van der Waals surface area contributed by atoms with Crippen LogP contribution in [0.3, 0.4) is 0 Å². The number of aliphatic hydroxyl groups excluding tert-OH is 1. The number of thioether (sulfide) groups is 3. The maximum absolute atomic E-state index is 11.8. The van der Waals surface area contributed by atoms with Crippen molar-refractivity contribution in [3.05, 3.63) is 21.9 Å². The van der Waals surface area contributed by atoms with Crippen LogP contribution in [-0.4, -0.2) is 107 Å². The fourth-order valence-electron chi connectivity index (χ4n) is 6.41. The molecule has 6 aliphatic rings. The third-order valence-corrected chi connectivity index (χ3v) is 13.4. The molecule has 0 radical (unpaired) electrons. The highest BCUT2D eigenvalue weighted by Crippen LogP contribution is 2.50. The van der Waals surface area contributed by atoms with Gasteiger partial charge < -0.3 is 25.5 Å². The fraction of sp³-hybridized carbons (Fsp3) is 0.700. The second-order valence-electron chi connectivity index (χ2n) is 12.6. The topological polar surface area (TPSA) is 139 Å². The molecule has 0 bridgehead atoms. The summed E-state index contributed by atoms with van der Waals surface area (Å²) in [5.74, 6) is 0.653. The van der Waals surface area contributed by atoms with Gasteiger partial charge in [0, 0.05) is 53.1 Å². The van der Waals surface area contributed by atoms with Gasteiger partial charge >= 0.3 is 0 Å². The van der Waals surface area contributed by atoms with Gasteiger partial charge in [0.2, 0.25) is 23.6 Å². The van der Waals surface area contributed by atoms with E-state index >= 15 is 0 Å². The van der Waals surface area contributed by atoms with E-state index in [0.29, 0.717) is 0 Å². The molecule has 8 unspecified atom stereocenters. The van der Waals surface area contributed by atoms with Crippen LogP contribution in [0.25, 0.3) is 0 Å². The van der Waals surface area contributed by atoms with E-state index in [-0.39, 0.29) is 75.1 Å². The van der Waals surface area contributed by atoms with Gasteiger partial charge in [0.1, 0.15) is 22.8 Å². The van der Waals surface area contributed by atoms with Crippen LogP contribution in [0.2, 0.25) is 0 Å². The molecule has 6 aliphatic heterocycles. The van der Waals surface area contributed by atoms with Gasteiger partial charge in [0.25, 0.3) is 5.91 Å². The molecule has 14 heteroatoms. The quantitative estimate of drug-likeness (QED) is 0.386. The molecule has 5 amide bonds. The molecule has 6 rings (SSSR count). The van der Waals surface area contributed by atoms with E-state index in [0.717, 1.165) is 23.6 Å². The normalized spacial score (nSPS) is 33.4. The van der Waals surface area contributed by atoms with Crippen molar-refractivity contribution in [3.63, 3.8) is 0 Å². The van der Waals surface area contributed by atoms with Crippen molar-refractivity contribution in [2.24, 2.45) is 5.92 Å². The lowest BCUT2D eigenvalue weighted by atomic mass is 9.83. The SMILES string of the molecule is CC(=O)NC1C(=O)N2C(C)=C(C)CSC12.CC(=O)NC1C(=O)N2C1SC(C)(C)C2C.CSC1=C(C)N2C(=O)C(C(C)O)C2C1. The Balaban J connectivity index is 0.000000151. The van der Waals surface area contributed by atoms with Crippen LogP contribution in [0.15, 0.2) is 21.9 Å². The first-order chi connectivity index (χ1) is 20.4. The minimum atomic E-state index is -0.516. The molecule has 0 aliphatic carbocycles. The summed E-state index contributed by atoms with van der Waals surface area (Å²) in [5, 5.41) is 15.1. The predicted molar refractivity (Wildman–Crippen MR) is 175 cm³/mol. The molecule has 4 fully saturated rings. The molecule has 0 aromatic carbocycles. The van der Waals surface area contributed by atoms with E-state index in [2.05, 4.69) is 31.4 Å². The zero-order valence-electron chi connectivity index (χ0n) is 27.1. The minimum absolute atomic E-state index is 0.0132. The first-order valence-corrected chi connectivity index (χ1v) is 18.0. The molecule has 0 spiro atoms. The van der Waals surface area contributed by atoms with E-state index in [1.165, 1.54) is 24.3 Å². The third kappa shape index (κ3) is 6.03. The number of β-lactam (4-membered cyclic amide) rings is 3. The number of nitrogens with one attached hydrogen (secondary N) is 2. The zero-order valence-corrected chi connectivity index (χ0v) is 29.5. The van der Waals surface area contributed by atoms with Crippen LogP contribution in [0.5, 0.6) is 0 Å². The van der Waals surface area contributed by atoms with E-state index < -0.39 is 6.10 Å². The van der Waals surface area contributed by atoms with Gasteiger partial charge in [0.15, 0.2) is 0 Å². The van der Waals surface area contributed by atoms with Crippen molar-refractivity contribution < 1.29 is 29.1 Å². The number of carbonyl (C=O) groups is 5. The summed E-state index contributed by atoms with van der Waals surface area (Å²) < 4.78 is 0.0769. The average molecular weight is 668 g/mol. The van der Waals surface area contributed by atoms with Crippen molar-refractivity contribution >= 4 is 64.8 Å².